The number of aryl methyl sites for hydroxylation is 2. The topological polar surface area (TPSA) is 89.9 Å². The molecule has 0 radical (unpaired) electrons. The summed E-state index contributed by atoms with van der Waals surface area (Å²) in [6, 6.07) is 11.4. The molecule has 0 aliphatic heterocycles. The first-order valence-corrected chi connectivity index (χ1v) is 9.73. The van der Waals surface area contributed by atoms with Crippen molar-refractivity contribution in [1.82, 2.24) is 9.97 Å². The number of aromatic nitrogens is 2. The van der Waals surface area contributed by atoms with Gasteiger partial charge < -0.3 is 4.98 Å². The minimum atomic E-state index is -0.392. The lowest BCUT2D eigenvalue weighted by molar-refractivity contribution is -0.117. The van der Waals surface area contributed by atoms with Crippen LogP contribution in [0.1, 0.15) is 34.5 Å². The summed E-state index contributed by atoms with van der Waals surface area (Å²) in [7, 11) is 0. The van der Waals surface area contributed by atoms with E-state index in [1.165, 1.54) is 11.3 Å². The fourth-order valence-electron chi connectivity index (χ4n) is 3.15. The Morgan fingerprint density at radius 1 is 1.25 bits per heavy atom. The molecule has 2 heterocycles. The molecule has 0 aliphatic carbocycles. The zero-order valence-corrected chi connectivity index (χ0v) is 16.8. The second kappa shape index (κ2) is 8.19. The zero-order valence-electron chi connectivity index (χ0n) is 15.9. The van der Waals surface area contributed by atoms with Crippen molar-refractivity contribution >= 4 is 28.1 Å². The molecule has 3 aromatic rings. The number of anilines is 2. The highest BCUT2D eigenvalue weighted by molar-refractivity contribution is 7.14. The number of aromatic amines is 1. The summed E-state index contributed by atoms with van der Waals surface area (Å²) in [4.78, 5) is 33.8. The molecule has 0 spiro atoms. The lowest BCUT2D eigenvalue weighted by Gasteiger charge is -2.20. The maximum atomic E-state index is 13.1. The number of H-pyrrole nitrogens is 1. The van der Waals surface area contributed by atoms with E-state index in [2.05, 4.69) is 9.97 Å². The van der Waals surface area contributed by atoms with Crippen molar-refractivity contribution < 1.29 is 4.79 Å². The molecule has 0 unspecified atom stereocenters. The van der Waals surface area contributed by atoms with Gasteiger partial charge in [-0.3, -0.25) is 14.5 Å². The van der Waals surface area contributed by atoms with Crippen LogP contribution < -0.4 is 10.5 Å². The molecule has 1 aromatic carbocycles. The van der Waals surface area contributed by atoms with Gasteiger partial charge in [-0.1, -0.05) is 18.2 Å². The molecule has 3 rings (SSSR count). The number of amides is 1. The fraction of sp³-hybridized carbons (Fsp3) is 0.238. The average Bonchev–Trinajstić information content (AvgIpc) is 3.08. The monoisotopic (exact) mass is 392 g/mol. The number of carbonyl (C=O) groups excluding carboxylic acids is 1. The Labute approximate surface area is 167 Å². The fourth-order valence-corrected chi connectivity index (χ4v) is 3.98. The van der Waals surface area contributed by atoms with Gasteiger partial charge in [-0.15, -0.1) is 11.3 Å². The highest BCUT2D eigenvalue weighted by atomic mass is 32.1. The minimum Gasteiger partial charge on any atom is -0.325 e. The standard InChI is InChI=1S/C21H20N4O2S/c1-13-12-28-21(23-13)25(16-7-5-4-6-8-16)19(26)10-9-17-14(2)18(11-22)20(27)24-15(17)3/h4-8,12H,9-10H2,1-3H3,(H,24,27). The molecule has 0 atom stereocenters. The zero-order chi connectivity index (χ0) is 20.3. The Morgan fingerprint density at radius 2 is 1.96 bits per heavy atom. The molecule has 1 amide bonds. The summed E-state index contributed by atoms with van der Waals surface area (Å²) in [5.41, 5.74) is 3.47. The second-order valence-corrected chi connectivity index (χ2v) is 7.34. The van der Waals surface area contributed by atoms with E-state index in [4.69, 9.17) is 0 Å². The van der Waals surface area contributed by atoms with E-state index in [0.29, 0.717) is 22.8 Å². The van der Waals surface area contributed by atoms with Crippen LogP contribution in [0.4, 0.5) is 10.8 Å². The predicted molar refractivity (Wildman–Crippen MR) is 110 cm³/mol. The van der Waals surface area contributed by atoms with Crippen LogP contribution in [0.5, 0.6) is 0 Å². The molecule has 28 heavy (non-hydrogen) atoms. The number of hydrogen-bond acceptors (Lipinski definition) is 5. The minimum absolute atomic E-state index is 0.0935. The van der Waals surface area contributed by atoms with Gasteiger partial charge in [0.2, 0.25) is 5.91 Å². The van der Waals surface area contributed by atoms with Crippen molar-refractivity contribution in [3.63, 3.8) is 0 Å². The van der Waals surface area contributed by atoms with Crippen LogP contribution in [-0.4, -0.2) is 15.9 Å². The number of thiazole rings is 1. The van der Waals surface area contributed by atoms with Crippen molar-refractivity contribution in [2.45, 2.75) is 33.6 Å². The van der Waals surface area contributed by atoms with Gasteiger partial charge in [0.25, 0.3) is 5.56 Å². The molecule has 1 N–H and O–H groups in total. The molecular weight excluding hydrogens is 372 g/mol. The molecule has 142 valence electrons. The Hall–Kier alpha value is -3.24. The van der Waals surface area contributed by atoms with Crippen LogP contribution in [-0.2, 0) is 11.2 Å². The molecular formula is C21H20N4O2S. The van der Waals surface area contributed by atoms with E-state index >= 15 is 0 Å². The number of nitrogens with one attached hydrogen (secondary N) is 1. The molecule has 6 nitrogen and oxygen atoms in total. The smallest absolute Gasteiger partial charge is 0.266 e. The molecule has 0 aliphatic rings. The van der Waals surface area contributed by atoms with Crippen molar-refractivity contribution in [1.29, 1.82) is 5.26 Å². The van der Waals surface area contributed by atoms with Crippen molar-refractivity contribution in [3.05, 3.63) is 74.1 Å². The summed E-state index contributed by atoms with van der Waals surface area (Å²) in [5, 5.41) is 11.8. The van der Waals surface area contributed by atoms with Gasteiger partial charge in [0, 0.05) is 17.5 Å². The van der Waals surface area contributed by atoms with E-state index in [-0.39, 0.29) is 17.9 Å². The van der Waals surface area contributed by atoms with Gasteiger partial charge in [-0.05, 0) is 50.5 Å². The molecule has 0 bridgehead atoms. The number of benzene rings is 1. The Kier molecular flexibility index (Phi) is 5.71. The lowest BCUT2D eigenvalue weighted by atomic mass is 9.99. The van der Waals surface area contributed by atoms with Crippen LogP contribution in [0.15, 0.2) is 40.5 Å². The van der Waals surface area contributed by atoms with Gasteiger partial charge in [-0.25, -0.2) is 4.98 Å². The number of nitrogens with zero attached hydrogens (tertiary/aromatic N) is 3. The third-order valence-corrected chi connectivity index (χ3v) is 5.51. The van der Waals surface area contributed by atoms with Gasteiger partial charge >= 0.3 is 0 Å². The van der Waals surface area contributed by atoms with Crippen LogP contribution in [0.25, 0.3) is 0 Å². The first-order chi connectivity index (χ1) is 13.4. The number of rotatable bonds is 5. The third-order valence-electron chi connectivity index (χ3n) is 4.57. The van der Waals surface area contributed by atoms with Gasteiger partial charge in [0.15, 0.2) is 5.13 Å². The summed E-state index contributed by atoms with van der Waals surface area (Å²) in [6.07, 6.45) is 0.655. The quantitative estimate of drug-likeness (QED) is 0.712. The van der Waals surface area contributed by atoms with E-state index in [1.54, 1.807) is 18.7 Å². The van der Waals surface area contributed by atoms with Crippen LogP contribution >= 0.6 is 11.3 Å². The number of nitriles is 1. The lowest BCUT2D eigenvalue weighted by Crippen LogP contribution is -2.26. The average molecular weight is 392 g/mol. The Morgan fingerprint density at radius 3 is 2.57 bits per heavy atom. The highest BCUT2D eigenvalue weighted by Crippen LogP contribution is 2.29. The first kappa shape index (κ1) is 19.5. The summed E-state index contributed by atoms with van der Waals surface area (Å²) in [5.74, 6) is -0.0935. The van der Waals surface area contributed by atoms with Crippen LogP contribution in [0, 0.1) is 32.1 Å². The van der Waals surface area contributed by atoms with Crippen LogP contribution in [0.2, 0.25) is 0 Å². The molecule has 0 saturated carbocycles. The van der Waals surface area contributed by atoms with Gasteiger partial charge in [-0.2, -0.15) is 5.26 Å². The van der Waals surface area contributed by atoms with Gasteiger partial charge in [0.1, 0.15) is 11.6 Å². The Balaban J connectivity index is 1.90. The van der Waals surface area contributed by atoms with Crippen molar-refractivity contribution in [3.8, 4) is 6.07 Å². The first-order valence-electron chi connectivity index (χ1n) is 8.85. The van der Waals surface area contributed by atoms with Crippen LogP contribution in [0.3, 0.4) is 0 Å². The normalized spacial score (nSPS) is 10.5. The molecule has 2 aromatic heterocycles. The highest BCUT2D eigenvalue weighted by Gasteiger charge is 2.22. The van der Waals surface area contributed by atoms with E-state index in [1.807, 2.05) is 48.7 Å². The maximum Gasteiger partial charge on any atom is 0.266 e. The van der Waals surface area contributed by atoms with E-state index in [9.17, 15) is 14.9 Å². The van der Waals surface area contributed by atoms with E-state index < -0.39 is 5.56 Å². The molecule has 0 fully saturated rings. The number of hydrogen-bond donors (Lipinski definition) is 1. The maximum absolute atomic E-state index is 13.1. The second-order valence-electron chi connectivity index (χ2n) is 6.51. The summed E-state index contributed by atoms with van der Waals surface area (Å²) >= 11 is 1.42. The number of carbonyl (C=O) groups is 1. The summed E-state index contributed by atoms with van der Waals surface area (Å²) in [6.45, 7) is 5.43. The third kappa shape index (κ3) is 3.87. The Bertz CT molecular complexity index is 1110. The molecule has 7 heteroatoms. The molecule has 0 saturated heterocycles. The SMILES string of the molecule is Cc1csc(N(C(=O)CCc2c(C)[nH]c(=O)c(C#N)c2C)c2ccccc2)n1. The van der Waals surface area contributed by atoms with Crippen molar-refractivity contribution in [2.75, 3.05) is 4.90 Å². The number of para-hydroxylation sites is 1. The predicted octanol–water partition coefficient (Wildman–Crippen LogP) is 3.93. The van der Waals surface area contributed by atoms with Crippen molar-refractivity contribution in [2.24, 2.45) is 0 Å². The number of pyridine rings is 1. The van der Waals surface area contributed by atoms with E-state index in [0.717, 1.165) is 16.9 Å². The largest absolute Gasteiger partial charge is 0.325 e. The summed E-state index contributed by atoms with van der Waals surface area (Å²) < 4.78 is 0. The van der Waals surface area contributed by atoms with Gasteiger partial charge in [0.05, 0.1) is 11.4 Å².